The number of hydrogen-bond donors (Lipinski definition) is 1. The molecule has 0 amide bonds. The predicted molar refractivity (Wildman–Crippen MR) is 81.3 cm³/mol. The lowest BCUT2D eigenvalue weighted by atomic mass is 10.1. The Kier molecular flexibility index (Phi) is 5.11. The zero-order chi connectivity index (χ0) is 17.1. The van der Waals surface area contributed by atoms with Crippen LogP contribution in [0.2, 0.25) is 0 Å². The van der Waals surface area contributed by atoms with Gasteiger partial charge in [-0.15, -0.1) is 0 Å². The fourth-order valence-electron chi connectivity index (χ4n) is 1.98. The van der Waals surface area contributed by atoms with Crippen molar-refractivity contribution in [1.29, 1.82) is 0 Å². The topological polar surface area (TPSA) is 46.2 Å². The molecule has 0 saturated carbocycles. The van der Waals surface area contributed by atoms with Gasteiger partial charge in [-0.05, 0) is 41.8 Å². The summed E-state index contributed by atoms with van der Waals surface area (Å²) in [5, 5.41) is 0. The van der Waals surface area contributed by atoms with E-state index in [1.54, 1.807) is 12.1 Å². The maximum Gasteiger partial charge on any atom is 0.416 e. The first-order valence-corrected chi connectivity index (χ1v) is 8.45. The van der Waals surface area contributed by atoms with Crippen LogP contribution in [0.1, 0.15) is 23.6 Å². The molecule has 0 bridgehead atoms. The minimum absolute atomic E-state index is 0.0734. The van der Waals surface area contributed by atoms with Gasteiger partial charge in [-0.2, -0.15) is 13.2 Å². The summed E-state index contributed by atoms with van der Waals surface area (Å²) in [6.07, 6.45) is -3.60. The quantitative estimate of drug-likeness (QED) is 0.899. The molecule has 2 aromatic carbocycles. The Morgan fingerprint density at radius 1 is 0.913 bits per heavy atom. The molecule has 0 heterocycles. The maximum absolute atomic E-state index is 12.5. The highest BCUT2D eigenvalue weighted by Crippen LogP contribution is 2.29. The SMILES string of the molecule is CCc1ccc(S(=O)(=O)NCc2ccc(C(F)(F)F)cc2)cc1. The van der Waals surface area contributed by atoms with E-state index in [1.807, 2.05) is 6.92 Å². The smallest absolute Gasteiger partial charge is 0.207 e. The van der Waals surface area contributed by atoms with Crippen LogP contribution in [0.3, 0.4) is 0 Å². The van der Waals surface area contributed by atoms with Crippen molar-refractivity contribution < 1.29 is 21.6 Å². The fourth-order valence-corrected chi connectivity index (χ4v) is 3.00. The van der Waals surface area contributed by atoms with Crippen molar-refractivity contribution in [1.82, 2.24) is 4.72 Å². The molecule has 124 valence electrons. The van der Waals surface area contributed by atoms with E-state index in [9.17, 15) is 21.6 Å². The average molecular weight is 343 g/mol. The lowest BCUT2D eigenvalue weighted by molar-refractivity contribution is -0.137. The Labute approximate surface area is 133 Å². The third kappa shape index (κ3) is 4.56. The van der Waals surface area contributed by atoms with Gasteiger partial charge < -0.3 is 0 Å². The van der Waals surface area contributed by atoms with Crippen LogP contribution in [0.4, 0.5) is 13.2 Å². The number of hydrogen-bond acceptors (Lipinski definition) is 2. The molecule has 0 aromatic heterocycles. The van der Waals surface area contributed by atoms with Gasteiger partial charge in [0.1, 0.15) is 0 Å². The first-order chi connectivity index (χ1) is 10.7. The summed E-state index contributed by atoms with van der Waals surface area (Å²) in [7, 11) is -3.69. The Hall–Kier alpha value is -1.86. The fraction of sp³-hybridized carbons (Fsp3) is 0.250. The second-order valence-electron chi connectivity index (χ2n) is 5.02. The molecule has 2 rings (SSSR count). The summed E-state index contributed by atoms with van der Waals surface area (Å²) in [6.45, 7) is 1.89. The molecule has 0 saturated heterocycles. The van der Waals surface area contributed by atoms with Gasteiger partial charge in [-0.1, -0.05) is 31.2 Å². The van der Waals surface area contributed by atoms with E-state index in [-0.39, 0.29) is 11.4 Å². The van der Waals surface area contributed by atoms with Crippen molar-refractivity contribution in [3.8, 4) is 0 Å². The van der Waals surface area contributed by atoms with Crippen molar-refractivity contribution in [2.24, 2.45) is 0 Å². The molecule has 0 aliphatic carbocycles. The summed E-state index contributed by atoms with van der Waals surface area (Å²) in [6, 6.07) is 10.8. The van der Waals surface area contributed by atoms with Crippen molar-refractivity contribution in [2.45, 2.75) is 31.0 Å². The number of aryl methyl sites for hydroxylation is 1. The Morgan fingerprint density at radius 3 is 1.91 bits per heavy atom. The van der Waals surface area contributed by atoms with Crippen molar-refractivity contribution in [3.05, 3.63) is 65.2 Å². The van der Waals surface area contributed by atoms with Gasteiger partial charge in [0, 0.05) is 6.54 Å². The van der Waals surface area contributed by atoms with Crippen LogP contribution in [0.15, 0.2) is 53.4 Å². The van der Waals surface area contributed by atoms with Crippen molar-refractivity contribution in [2.75, 3.05) is 0 Å². The lowest BCUT2D eigenvalue weighted by Gasteiger charge is -2.09. The zero-order valence-corrected chi connectivity index (χ0v) is 13.2. The van der Waals surface area contributed by atoms with Crippen LogP contribution >= 0.6 is 0 Å². The molecule has 0 unspecified atom stereocenters. The van der Waals surface area contributed by atoms with E-state index < -0.39 is 21.8 Å². The van der Waals surface area contributed by atoms with Gasteiger partial charge in [0.2, 0.25) is 10.0 Å². The van der Waals surface area contributed by atoms with Gasteiger partial charge in [0.15, 0.2) is 0 Å². The number of nitrogens with one attached hydrogen (secondary N) is 1. The Balaban J connectivity index is 2.06. The molecule has 0 aliphatic rings. The molecule has 0 spiro atoms. The minimum atomic E-state index is -4.40. The Bertz CT molecular complexity index is 751. The highest BCUT2D eigenvalue weighted by Gasteiger charge is 2.29. The second-order valence-corrected chi connectivity index (χ2v) is 6.78. The monoisotopic (exact) mass is 343 g/mol. The van der Waals surface area contributed by atoms with Gasteiger partial charge in [0.05, 0.1) is 10.5 Å². The standard InChI is InChI=1S/C16H16F3NO2S/c1-2-12-5-9-15(10-6-12)23(21,22)20-11-13-3-7-14(8-4-13)16(17,18)19/h3-10,20H,2,11H2,1H3. The normalized spacial score (nSPS) is 12.3. The minimum Gasteiger partial charge on any atom is -0.207 e. The highest BCUT2D eigenvalue weighted by molar-refractivity contribution is 7.89. The number of sulfonamides is 1. The third-order valence-corrected chi connectivity index (χ3v) is 4.81. The Morgan fingerprint density at radius 2 is 1.43 bits per heavy atom. The lowest BCUT2D eigenvalue weighted by Crippen LogP contribution is -2.23. The van der Waals surface area contributed by atoms with Crippen LogP contribution in [-0.2, 0) is 29.2 Å². The molecule has 1 N–H and O–H groups in total. The highest BCUT2D eigenvalue weighted by atomic mass is 32.2. The van der Waals surface area contributed by atoms with Crippen molar-refractivity contribution in [3.63, 3.8) is 0 Å². The maximum atomic E-state index is 12.5. The molecular weight excluding hydrogens is 327 g/mol. The van der Waals surface area contributed by atoms with Gasteiger partial charge >= 0.3 is 6.18 Å². The van der Waals surface area contributed by atoms with E-state index in [0.29, 0.717) is 5.56 Å². The van der Waals surface area contributed by atoms with Gasteiger partial charge in [0.25, 0.3) is 0 Å². The zero-order valence-electron chi connectivity index (χ0n) is 12.4. The molecule has 23 heavy (non-hydrogen) atoms. The summed E-state index contributed by atoms with van der Waals surface area (Å²) in [5.74, 6) is 0. The molecule has 0 atom stereocenters. The van der Waals surface area contributed by atoms with E-state index in [0.717, 1.165) is 24.1 Å². The van der Waals surface area contributed by atoms with Crippen LogP contribution in [0.5, 0.6) is 0 Å². The molecule has 0 radical (unpaired) electrons. The first-order valence-electron chi connectivity index (χ1n) is 6.97. The van der Waals surface area contributed by atoms with E-state index in [2.05, 4.69) is 4.72 Å². The van der Waals surface area contributed by atoms with Crippen molar-refractivity contribution >= 4 is 10.0 Å². The second kappa shape index (κ2) is 6.72. The predicted octanol–water partition coefficient (Wildman–Crippen LogP) is 3.75. The summed E-state index contributed by atoms with van der Waals surface area (Å²) < 4.78 is 64.1. The molecule has 0 fully saturated rings. The van der Waals surface area contributed by atoms with Crippen LogP contribution in [-0.4, -0.2) is 8.42 Å². The largest absolute Gasteiger partial charge is 0.416 e. The van der Waals surface area contributed by atoms with E-state index in [4.69, 9.17) is 0 Å². The molecule has 7 heteroatoms. The van der Waals surface area contributed by atoms with E-state index >= 15 is 0 Å². The summed E-state index contributed by atoms with van der Waals surface area (Å²) in [4.78, 5) is 0.126. The number of benzene rings is 2. The number of alkyl halides is 3. The summed E-state index contributed by atoms with van der Waals surface area (Å²) in [5.41, 5.74) is 0.706. The molecular formula is C16H16F3NO2S. The first kappa shape index (κ1) is 17.5. The van der Waals surface area contributed by atoms with Gasteiger partial charge in [-0.3, -0.25) is 0 Å². The molecule has 0 aliphatic heterocycles. The number of rotatable bonds is 5. The molecule has 2 aromatic rings. The number of halogens is 3. The van der Waals surface area contributed by atoms with Gasteiger partial charge in [-0.25, -0.2) is 13.1 Å². The van der Waals surface area contributed by atoms with Crippen LogP contribution in [0.25, 0.3) is 0 Å². The van der Waals surface area contributed by atoms with Crippen LogP contribution in [0, 0.1) is 0 Å². The van der Waals surface area contributed by atoms with E-state index in [1.165, 1.54) is 24.3 Å². The van der Waals surface area contributed by atoms with Crippen LogP contribution < -0.4 is 4.72 Å². The third-order valence-electron chi connectivity index (χ3n) is 3.39. The average Bonchev–Trinajstić information content (AvgIpc) is 2.53. The summed E-state index contributed by atoms with van der Waals surface area (Å²) >= 11 is 0. The molecule has 3 nitrogen and oxygen atoms in total.